The summed E-state index contributed by atoms with van der Waals surface area (Å²) < 4.78 is 45.2. The van der Waals surface area contributed by atoms with Crippen LogP contribution in [0.15, 0.2) is 54.7 Å². The van der Waals surface area contributed by atoms with E-state index in [2.05, 4.69) is 10.3 Å². The maximum absolute atomic E-state index is 13.1. The predicted octanol–water partition coefficient (Wildman–Crippen LogP) is 5.34. The third kappa shape index (κ3) is 5.02. The highest BCUT2D eigenvalue weighted by Gasteiger charge is 2.42. The van der Waals surface area contributed by atoms with Crippen molar-refractivity contribution >= 4 is 16.7 Å². The zero-order valence-corrected chi connectivity index (χ0v) is 17.4. The van der Waals surface area contributed by atoms with Crippen LogP contribution in [0.1, 0.15) is 41.6 Å². The first-order valence-electron chi connectivity index (χ1n) is 10.6. The van der Waals surface area contributed by atoms with E-state index in [4.69, 9.17) is 10.5 Å². The van der Waals surface area contributed by atoms with Crippen molar-refractivity contribution < 1.29 is 22.7 Å². The molecular formula is C24H24F3N3O2. The monoisotopic (exact) mass is 443 g/mol. The Morgan fingerprint density at radius 1 is 1.09 bits per heavy atom. The molecule has 1 aromatic heterocycles. The third-order valence-corrected chi connectivity index (χ3v) is 5.93. The van der Waals surface area contributed by atoms with E-state index in [0.29, 0.717) is 30.2 Å². The van der Waals surface area contributed by atoms with Crippen molar-refractivity contribution in [2.75, 3.05) is 0 Å². The molecule has 168 valence electrons. The number of pyridine rings is 1. The number of alkyl halides is 3. The number of carbonyl (C=O) groups is 1. The summed E-state index contributed by atoms with van der Waals surface area (Å²) in [5.74, 6) is -0.870. The van der Waals surface area contributed by atoms with E-state index in [-0.39, 0.29) is 18.9 Å². The molecular weight excluding hydrogens is 419 g/mol. The smallest absolute Gasteiger partial charge is 0.391 e. The Kier molecular flexibility index (Phi) is 6.32. The second-order valence-electron chi connectivity index (χ2n) is 8.10. The number of amides is 1. The molecule has 0 aliphatic heterocycles. The lowest BCUT2D eigenvalue weighted by Gasteiger charge is -2.31. The molecule has 1 heterocycles. The molecule has 32 heavy (non-hydrogen) atoms. The fraction of sp³-hybridized carbons (Fsp3) is 0.333. The molecule has 5 nitrogen and oxygen atoms in total. The molecule has 0 radical (unpaired) electrons. The minimum Gasteiger partial charge on any atom is -0.438 e. The number of halogens is 3. The highest BCUT2D eigenvalue weighted by molar-refractivity contribution is 5.92. The predicted molar refractivity (Wildman–Crippen MR) is 115 cm³/mol. The molecule has 3 aromatic rings. The Morgan fingerprint density at radius 2 is 1.88 bits per heavy atom. The summed E-state index contributed by atoms with van der Waals surface area (Å²) in [4.78, 5) is 15.3. The van der Waals surface area contributed by atoms with Gasteiger partial charge >= 0.3 is 6.18 Å². The van der Waals surface area contributed by atoms with Gasteiger partial charge in [0.05, 0.1) is 11.5 Å². The van der Waals surface area contributed by atoms with E-state index in [1.807, 2.05) is 36.4 Å². The van der Waals surface area contributed by atoms with Gasteiger partial charge in [-0.1, -0.05) is 36.8 Å². The summed E-state index contributed by atoms with van der Waals surface area (Å²) >= 11 is 0. The Morgan fingerprint density at radius 3 is 2.56 bits per heavy atom. The minimum absolute atomic E-state index is 0.121. The molecule has 8 heteroatoms. The number of aromatic nitrogens is 1. The fourth-order valence-electron chi connectivity index (χ4n) is 4.20. The largest absolute Gasteiger partial charge is 0.438 e. The lowest BCUT2D eigenvalue weighted by Crippen LogP contribution is -2.38. The quantitative estimate of drug-likeness (QED) is 0.539. The van der Waals surface area contributed by atoms with Crippen molar-refractivity contribution in [1.29, 1.82) is 0 Å². The number of carbonyl (C=O) groups excluding carboxylic acids is 1. The van der Waals surface area contributed by atoms with Gasteiger partial charge in [-0.3, -0.25) is 4.79 Å². The van der Waals surface area contributed by atoms with Crippen LogP contribution < -0.4 is 15.8 Å². The number of fused-ring (bicyclic) bond motifs is 1. The van der Waals surface area contributed by atoms with Crippen molar-refractivity contribution in [1.82, 2.24) is 10.3 Å². The van der Waals surface area contributed by atoms with Gasteiger partial charge in [0.2, 0.25) is 11.8 Å². The van der Waals surface area contributed by atoms with Gasteiger partial charge in [0.25, 0.3) is 0 Å². The molecule has 1 fully saturated rings. The zero-order chi connectivity index (χ0) is 22.7. The molecule has 2 aromatic carbocycles. The van der Waals surface area contributed by atoms with Gasteiger partial charge in [-0.15, -0.1) is 0 Å². The standard InChI is InChI=1S/C24H24F3N3O2/c25-24(26,27)17-4-3-5-18(12-17)29-13-15-8-10-21(20-7-2-1-6-19(15)20)32-22-11-9-16(14-30-22)23(28)31/h1-2,6-11,14,17-18,29H,3-5,12-13H2,(H2,28,31)/t17?,18-/m1/s1. The van der Waals surface area contributed by atoms with Crippen molar-refractivity contribution in [3.63, 3.8) is 0 Å². The fourth-order valence-corrected chi connectivity index (χ4v) is 4.20. The van der Waals surface area contributed by atoms with Gasteiger partial charge in [-0.05, 0) is 42.3 Å². The topological polar surface area (TPSA) is 77.2 Å². The number of primary amides is 1. The maximum atomic E-state index is 13.1. The highest BCUT2D eigenvalue weighted by Crippen LogP contribution is 2.38. The molecule has 3 N–H and O–H groups in total. The van der Waals surface area contributed by atoms with E-state index in [1.165, 1.54) is 6.20 Å². The third-order valence-electron chi connectivity index (χ3n) is 5.93. The Labute approximate surface area is 183 Å². The number of nitrogens with one attached hydrogen (secondary N) is 1. The van der Waals surface area contributed by atoms with Crippen LogP contribution in [0.3, 0.4) is 0 Å². The first-order valence-corrected chi connectivity index (χ1v) is 10.6. The van der Waals surface area contributed by atoms with Crippen molar-refractivity contribution in [2.45, 2.75) is 44.4 Å². The summed E-state index contributed by atoms with van der Waals surface area (Å²) in [6, 6.07) is 14.4. The zero-order valence-electron chi connectivity index (χ0n) is 17.4. The maximum Gasteiger partial charge on any atom is 0.391 e. The molecule has 0 bridgehead atoms. The number of nitrogens with zero attached hydrogens (tertiary/aromatic N) is 1. The number of nitrogens with two attached hydrogens (primary N) is 1. The van der Waals surface area contributed by atoms with Crippen molar-refractivity contribution in [2.24, 2.45) is 11.7 Å². The molecule has 0 spiro atoms. The second kappa shape index (κ2) is 9.16. The summed E-state index contributed by atoms with van der Waals surface area (Å²) in [6.07, 6.45) is -1.11. The summed E-state index contributed by atoms with van der Waals surface area (Å²) in [5.41, 5.74) is 6.51. The molecule has 2 atom stereocenters. The number of hydrogen-bond acceptors (Lipinski definition) is 4. The van der Waals surface area contributed by atoms with Crippen molar-refractivity contribution in [3.05, 3.63) is 65.9 Å². The minimum atomic E-state index is -4.13. The Hall–Kier alpha value is -3.13. The van der Waals surface area contributed by atoms with E-state index in [0.717, 1.165) is 22.8 Å². The molecule has 0 saturated heterocycles. The highest BCUT2D eigenvalue weighted by atomic mass is 19.4. The van der Waals surface area contributed by atoms with Gasteiger partial charge < -0.3 is 15.8 Å². The summed E-state index contributed by atoms with van der Waals surface area (Å²) in [5, 5.41) is 5.14. The number of hydrogen-bond donors (Lipinski definition) is 2. The van der Waals surface area contributed by atoms with Crippen LogP contribution in [0.5, 0.6) is 11.6 Å². The summed E-state index contributed by atoms with van der Waals surface area (Å²) in [7, 11) is 0. The lowest BCUT2D eigenvalue weighted by molar-refractivity contribution is -0.183. The van der Waals surface area contributed by atoms with Gasteiger partial charge in [0.15, 0.2) is 0 Å². The molecule has 4 rings (SSSR count). The molecule has 1 unspecified atom stereocenters. The molecule has 1 saturated carbocycles. The molecule has 1 aliphatic carbocycles. The molecule has 1 amide bonds. The summed E-state index contributed by atoms with van der Waals surface area (Å²) in [6.45, 7) is 0.474. The Balaban J connectivity index is 1.50. The van der Waals surface area contributed by atoms with Gasteiger partial charge in [-0.25, -0.2) is 4.98 Å². The number of rotatable bonds is 6. The van der Waals surface area contributed by atoms with Crippen LogP contribution >= 0.6 is 0 Å². The van der Waals surface area contributed by atoms with E-state index >= 15 is 0 Å². The van der Waals surface area contributed by atoms with Gasteiger partial charge in [0, 0.05) is 30.2 Å². The molecule has 1 aliphatic rings. The van der Waals surface area contributed by atoms with E-state index < -0.39 is 18.0 Å². The Bertz CT molecular complexity index is 1100. The van der Waals surface area contributed by atoms with Crippen LogP contribution in [-0.2, 0) is 6.54 Å². The van der Waals surface area contributed by atoms with Gasteiger partial charge in [-0.2, -0.15) is 13.2 Å². The second-order valence-corrected chi connectivity index (χ2v) is 8.10. The first-order chi connectivity index (χ1) is 15.3. The van der Waals surface area contributed by atoms with Crippen LogP contribution in [0.4, 0.5) is 13.2 Å². The van der Waals surface area contributed by atoms with Crippen molar-refractivity contribution in [3.8, 4) is 11.6 Å². The average molecular weight is 443 g/mol. The van der Waals surface area contributed by atoms with Crippen LogP contribution in [-0.4, -0.2) is 23.1 Å². The first kappa shape index (κ1) is 22.1. The average Bonchev–Trinajstić information content (AvgIpc) is 2.78. The normalized spacial score (nSPS) is 19.1. The van der Waals surface area contributed by atoms with Gasteiger partial charge in [0.1, 0.15) is 5.75 Å². The lowest BCUT2D eigenvalue weighted by atomic mass is 9.85. The van der Waals surface area contributed by atoms with E-state index in [9.17, 15) is 18.0 Å². The SMILES string of the molecule is NC(=O)c1ccc(Oc2ccc(CN[C@@H]3CCCC(C(F)(F)F)C3)c3ccccc23)nc1. The van der Waals surface area contributed by atoms with E-state index in [1.54, 1.807) is 12.1 Å². The van der Waals surface area contributed by atoms with Crippen LogP contribution in [0, 0.1) is 5.92 Å². The number of benzene rings is 2. The van der Waals surface area contributed by atoms with Crippen LogP contribution in [0.2, 0.25) is 0 Å². The van der Waals surface area contributed by atoms with Crippen LogP contribution in [0.25, 0.3) is 10.8 Å². The number of ether oxygens (including phenoxy) is 1.